The summed E-state index contributed by atoms with van der Waals surface area (Å²) in [4.78, 5) is 12.1. The molecule has 0 radical (unpaired) electrons. The molecule has 7 nitrogen and oxygen atoms in total. The molecule has 7 heteroatoms. The molecular formula is C17H20O7. The zero-order valence-electron chi connectivity index (χ0n) is 13.1. The third-order valence-corrected chi connectivity index (χ3v) is 3.57. The maximum atomic E-state index is 12.1. The Morgan fingerprint density at radius 1 is 1.21 bits per heavy atom. The van der Waals surface area contributed by atoms with E-state index in [1.807, 2.05) is 30.3 Å². The molecule has 1 heterocycles. The number of aryl methyl sites for hydroxylation is 1. The van der Waals surface area contributed by atoms with Crippen molar-refractivity contribution in [2.24, 2.45) is 0 Å². The first-order valence-electron chi connectivity index (χ1n) is 7.40. The van der Waals surface area contributed by atoms with Gasteiger partial charge in [-0.05, 0) is 18.6 Å². The van der Waals surface area contributed by atoms with Gasteiger partial charge in [-0.2, -0.15) is 0 Å². The van der Waals surface area contributed by atoms with Gasteiger partial charge in [0.05, 0.1) is 6.61 Å². The SMILES string of the molecule is Cc1oc([C@H](O)[C@H](O)[C@@H](O)CO)cc1C(=O)OCc1ccccc1. The lowest BCUT2D eigenvalue weighted by Crippen LogP contribution is -2.34. The molecule has 1 aromatic heterocycles. The van der Waals surface area contributed by atoms with E-state index in [1.54, 1.807) is 0 Å². The van der Waals surface area contributed by atoms with Crippen LogP contribution in [0.3, 0.4) is 0 Å². The van der Waals surface area contributed by atoms with Crippen LogP contribution in [-0.2, 0) is 11.3 Å². The smallest absolute Gasteiger partial charge is 0.342 e. The van der Waals surface area contributed by atoms with Gasteiger partial charge in [-0.15, -0.1) is 0 Å². The van der Waals surface area contributed by atoms with E-state index in [2.05, 4.69) is 0 Å². The molecule has 0 bridgehead atoms. The molecule has 2 rings (SSSR count). The van der Waals surface area contributed by atoms with E-state index < -0.39 is 30.9 Å². The molecule has 0 saturated heterocycles. The van der Waals surface area contributed by atoms with Crippen molar-refractivity contribution in [1.29, 1.82) is 0 Å². The van der Waals surface area contributed by atoms with Crippen molar-refractivity contribution in [3.05, 3.63) is 59.0 Å². The van der Waals surface area contributed by atoms with Gasteiger partial charge in [-0.1, -0.05) is 30.3 Å². The number of hydrogen-bond donors (Lipinski definition) is 4. The monoisotopic (exact) mass is 336 g/mol. The lowest BCUT2D eigenvalue weighted by atomic mass is 10.1. The molecule has 130 valence electrons. The number of aliphatic hydroxyl groups excluding tert-OH is 4. The Morgan fingerprint density at radius 3 is 2.50 bits per heavy atom. The zero-order chi connectivity index (χ0) is 17.7. The third-order valence-electron chi connectivity index (χ3n) is 3.57. The largest absolute Gasteiger partial charge is 0.463 e. The zero-order valence-corrected chi connectivity index (χ0v) is 13.1. The van der Waals surface area contributed by atoms with E-state index in [0.29, 0.717) is 0 Å². The number of aliphatic hydroxyl groups is 4. The second-order valence-corrected chi connectivity index (χ2v) is 5.37. The van der Waals surface area contributed by atoms with Crippen LogP contribution in [0.25, 0.3) is 0 Å². The second-order valence-electron chi connectivity index (χ2n) is 5.37. The summed E-state index contributed by atoms with van der Waals surface area (Å²) in [6.07, 6.45) is -4.76. The summed E-state index contributed by atoms with van der Waals surface area (Å²) in [6.45, 7) is 0.891. The number of esters is 1. The molecule has 0 saturated carbocycles. The Kier molecular flexibility index (Phi) is 6.10. The number of benzene rings is 1. The molecule has 3 atom stereocenters. The van der Waals surface area contributed by atoms with Crippen LogP contribution in [0.15, 0.2) is 40.8 Å². The van der Waals surface area contributed by atoms with Gasteiger partial charge < -0.3 is 29.6 Å². The molecule has 0 aliphatic rings. The molecule has 0 aliphatic carbocycles. The Bertz CT molecular complexity index is 665. The molecule has 1 aromatic carbocycles. The molecule has 2 aromatic rings. The minimum atomic E-state index is -1.64. The maximum absolute atomic E-state index is 12.1. The molecular weight excluding hydrogens is 316 g/mol. The lowest BCUT2D eigenvalue weighted by molar-refractivity contribution is -0.0837. The molecule has 0 spiro atoms. The summed E-state index contributed by atoms with van der Waals surface area (Å²) in [6, 6.07) is 10.4. The van der Waals surface area contributed by atoms with Gasteiger partial charge in [0.15, 0.2) is 0 Å². The van der Waals surface area contributed by atoms with Crippen molar-refractivity contribution in [2.75, 3.05) is 6.61 Å². The van der Waals surface area contributed by atoms with Gasteiger partial charge in [0.1, 0.15) is 42.0 Å². The standard InChI is InChI=1S/C17H20O7/c1-10-12(17(22)23-9-11-5-3-2-4-6-11)7-14(24-10)16(21)15(20)13(19)8-18/h2-7,13,15-16,18-21H,8-9H2,1H3/t13-,15+,16-/m0/s1. The van der Waals surface area contributed by atoms with Crippen LogP contribution < -0.4 is 0 Å². The summed E-state index contributed by atoms with van der Waals surface area (Å²) < 4.78 is 10.4. The first-order valence-corrected chi connectivity index (χ1v) is 7.40. The highest BCUT2D eigenvalue weighted by Gasteiger charge is 2.29. The van der Waals surface area contributed by atoms with Crippen LogP contribution in [0, 0.1) is 6.92 Å². The summed E-state index contributed by atoms with van der Waals surface area (Å²) in [5, 5.41) is 37.8. The Hall–Kier alpha value is -2.19. The van der Waals surface area contributed by atoms with Gasteiger partial charge >= 0.3 is 5.97 Å². The molecule has 0 aliphatic heterocycles. The Balaban J connectivity index is 2.06. The lowest BCUT2D eigenvalue weighted by Gasteiger charge is -2.19. The van der Waals surface area contributed by atoms with Crippen LogP contribution in [0.5, 0.6) is 0 Å². The van der Waals surface area contributed by atoms with Crippen LogP contribution in [0.1, 0.15) is 33.5 Å². The van der Waals surface area contributed by atoms with Gasteiger partial charge in [0, 0.05) is 0 Å². The van der Waals surface area contributed by atoms with Crippen LogP contribution in [0.2, 0.25) is 0 Å². The highest BCUT2D eigenvalue weighted by Crippen LogP contribution is 2.25. The van der Waals surface area contributed by atoms with E-state index in [1.165, 1.54) is 13.0 Å². The number of furan rings is 1. The average molecular weight is 336 g/mol. The van der Waals surface area contributed by atoms with E-state index in [9.17, 15) is 20.1 Å². The number of carbonyl (C=O) groups is 1. The van der Waals surface area contributed by atoms with Gasteiger partial charge in [0.2, 0.25) is 0 Å². The van der Waals surface area contributed by atoms with Crippen LogP contribution in [0.4, 0.5) is 0 Å². The number of rotatable bonds is 7. The number of hydrogen-bond acceptors (Lipinski definition) is 7. The van der Waals surface area contributed by atoms with Crippen molar-refractivity contribution in [2.45, 2.75) is 31.8 Å². The Morgan fingerprint density at radius 2 is 1.88 bits per heavy atom. The molecule has 4 N–H and O–H groups in total. The fourth-order valence-electron chi connectivity index (χ4n) is 2.14. The summed E-state index contributed by atoms with van der Waals surface area (Å²) in [7, 11) is 0. The topological polar surface area (TPSA) is 120 Å². The van der Waals surface area contributed by atoms with Gasteiger partial charge in [-0.25, -0.2) is 4.79 Å². The van der Waals surface area contributed by atoms with Crippen molar-refractivity contribution < 1.29 is 34.4 Å². The highest BCUT2D eigenvalue weighted by atomic mass is 16.5. The predicted octanol–water partition coefficient (Wildman–Crippen LogP) is 0.693. The first-order chi connectivity index (χ1) is 11.4. The fourth-order valence-corrected chi connectivity index (χ4v) is 2.14. The van der Waals surface area contributed by atoms with Crippen molar-refractivity contribution in [3.8, 4) is 0 Å². The van der Waals surface area contributed by atoms with Crippen LogP contribution in [-0.4, -0.2) is 45.2 Å². The Labute approximate surface area is 138 Å². The van der Waals surface area contributed by atoms with E-state index >= 15 is 0 Å². The minimum absolute atomic E-state index is 0.0913. The molecule has 0 unspecified atom stereocenters. The van der Waals surface area contributed by atoms with E-state index in [-0.39, 0.29) is 23.7 Å². The summed E-state index contributed by atoms with van der Waals surface area (Å²) in [5.41, 5.74) is 0.944. The highest BCUT2D eigenvalue weighted by molar-refractivity contribution is 5.90. The maximum Gasteiger partial charge on any atom is 0.342 e. The minimum Gasteiger partial charge on any atom is -0.463 e. The first kappa shape index (κ1) is 18.2. The molecule has 24 heavy (non-hydrogen) atoms. The van der Waals surface area contributed by atoms with Crippen LogP contribution >= 0.6 is 0 Å². The van der Waals surface area contributed by atoms with Crippen molar-refractivity contribution in [1.82, 2.24) is 0 Å². The van der Waals surface area contributed by atoms with Gasteiger partial charge in [-0.3, -0.25) is 0 Å². The third kappa shape index (κ3) is 4.21. The molecule has 0 fully saturated rings. The van der Waals surface area contributed by atoms with E-state index in [0.717, 1.165) is 5.56 Å². The predicted molar refractivity (Wildman–Crippen MR) is 83.1 cm³/mol. The van der Waals surface area contributed by atoms with Crippen molar-refractivity contribution >= 4 is 5.97 Å². The second kappa shape index (κ2) is 8.07. The normalized spacial score (nSPS) is 14.9. The van der Waals surface area contributed by atoms with E-state index in [4.69, 9.17) is 14.3 Å². The number of carbonyl (C=O) groups excluding carboxylic acids is 1. The molecule has 0 amide bonds. The average Bonchev–Trinajstić information content (AvgIpc) is 3.00. The number of ether oxygens (including phenoxy) is 1. The fraction of sp³-hybridized carbons (Fsp3) is 0.353. The summed E-state index contributed by atoms with van der Waals surface area (Å²) >= 11 is 0. The van der Waals surface area contributed by atoms with Crippen molar-refractivity contribution in [3.63, 3.8) is 0 Å². The quantitative estimate of drug-likeness (QED) is 0.549. The van der Waals surface area contributed by atoms with Gasteiger partial charge in [0.25, 0.3) is 0 Å². The summed E-state index contributed by atoms with van der Waals surface area (Å²) in [5.74, 6) is -0.511.